The first-order valence-corrected chi connectivity index (χ1v) is 26.8. The predicted octanol–water partition coefficient (Wildman–Crippen LogP) is 20.1. The lowest BCUT2D eigenvalue weighted by Gasteiger charge is -2.11. The minimum Gasteiger partial charge on any atom is -0.493 e. The Bertz CT molecular complexity index is 1410. The Hall–Kier alpha value is -2.48. The highest BCUT2D eigenvalue weighted by atomic mass is 15.2. The van der Waals surface area contributed by atoms with Crippen molar-refractivity contribution < 1.29 is 4.70 Å². The second kappa shape index (κ2) is 35.0. The van der Waals surface area contributed by atoms with Crippen LogP contribution < -0.4 is 0 Å². The van der Waals surface area contributed by atoms with Crippen LogP contribution in [0.4, 0.5) is 0 Å². The SMILES string of the molecule is CCCCCCCCCCCCCCCCCCCCCCCCCCCCC1=C(c2ccc(CCCC)cc2)[N+](=[N-])C(c2ccc(CCCC)cc2)=C1CCCCCC. The van der Waals surface area contributed by atoms with Gasteiger partial charge in [-0.25, -0.2) is 4.70 Å². The van der Waals surface area contributed by atoms with E-state index in [4.69, 9.17) is 0 Å². The molecule has 0 aliphatic carbocycles. The van der Waals surface area contributed by atoms with Crippen LogP contribution in [0.3, 0.4) is 0 Å². The quantitative estimate of drug-likeness (QED) is 0.0473. The third-order valence-corrected chi connectivity index (χ3v) is 13.5. The van der Waals surface area contributed by atoms with Gasteiger partial charge in [0, 0.05) is 22.3 Å². The third kappa shape index (κ3) is 21.5. The van der Waals surface area contributed by atoms with Gasteiger partial charge in [-0.2, -0.15) is 0 Å². The molecule has 2 heteroatoms. The molecule has 338 valence electrons. The number of hydrogen-bond acceptors (Lipinski definition) is 0. The lowest BCUT2D eigenvalue weighted by Crippen LogP contribution is -2.03. The normalized spacial score (nSPS) is 13.1. The number of aryl methyl sites for hydroxylation is 2. The van der Waals surface area contributed by atoms with Gasteiger partial charge in [0.1, 0.15) is 0 Å². The maximum atomic E-state index is 12.1. The maximum absolute atomic E-state index is 12.1. The van der Waals surface area contributed by atoms with Gasteiger partial charge in [0.05, 0.1) is 0 Å². The van der Waals surface area contributed by atoms with E-state index in [0.29, 0.717) is 0 Å². The topological polar surface area (TPSA) is 25.3 Å². The molecule has 0 amide bonds. The number of benzene rings is 2. The first-order chi connectivity index (χ1) is 29.6. The zero-order chi connectivity index (χ0) is 42.7. The summed E-state index contributed by atoms with van der Waals surface area (Å²) >= 11 is 0. The Balaban J connectivity index is 1.37. The van der Waals surface area contributed by atoms with Crippen molar-refractivity contribution in [3.05, 3.63) is 87.5 Å². The summed E-state index contributed by atoms with van der Waals surface area (Å²) in [5, 5.41) is 0. The zero-order valence-corrected chi connectivity index (χ0v) is 40.4. The minimum atomic E-state index is 1.03. The van der Waals surface area contributed by atoms with Crippen molar-refractivity contribution >= 4 is 11.4 Å². The fourth-order valence-electron chi connectivity index (χ4n) is 9.55. The highest BCUT2D eigenvalue weighted by Crippen LogP contribution is 2.44. The average molecular weight is 821 g/mol. The van der Waals surface area contributed by atoms with Crippen LogP contribution in [0.25, 0.3) is 16.9 Å². The Kier molecular flexibility index (Phi) is 30.3. The second-order valence-electron chi connectivity index (χ2n) is 19.0. The van der Waals surface area contributed by atoms with Gasteiger partial charge in [0.25, 0.3) is 0 Å². The number of rotatable bonds is 40. The molecule has 0 aromatic heterocycles. The number of unbranched alkanes of at least 4 members (excludes halogenated alkanes) is 30. The van der Waals surface area contributed by atoms with Crippen molar-refractivity contribution in [1.82, 2.24) is 0 Å². The van der Waals surface area contributed by atoms with E-state index in [1.165, 1.54) is 241 Å². The summed E-state index contributed by atoms with van der Waals surface area (Å²) in [6.07, 6.45) is 51.2. The van der Waals surface area contributed by atoms with Gasteiger partial charge in [-0.1, -0.05) is 245 Å². The summed E-state index contributed by atoms with van der Waals surface area (Å²) in [6, 6.07) is 18.3. The molecule has 2 nitrogen and oxygen atoms in total. The fourth-order valence-corrected chi connectivity index (χ4v) is 9.55. The monoisotopic (exact) mass is 821 g/mol. The molecule has 1 aliphatic heterocycles. The van der Waals surface area contributed by atoms with Crippen molar-refractivity contribution in [2.45, 2.75) is 272 Å². The van der Waals surface area contributed by atoms with Gasteiger partial charge < -0.3 is 5.53 Å². The van der Waals surface area contributed by atoms with Crippen molar-refractivity contribution in [2.24, 2.45) is 0 Å². The van der Waals surface area contributed by atoms with Gasteiger partial charge in [-0.15, -0.1) is 0 Å². The molecule has 2 aromatic rings. The van der Waals surface area contributed by atoms with Gasteiger partial charge in [0.15, 0.2) is 0 Å². The van der Waals surface area contributed by atoms with Gasteiger partial charge >= 0.3 is 0 Å². The smallest absolute Gasteiger partial charge is 0.211 e. The van der Waals surface area contributed by atoms with E-state index >= 15 is 0 Å². The molecule has 0 N–H and O–H groups in total. The van der Waals surface area contributed by atoms with Gasteiger partial charge in [-0.3, -0.25) is 0 Å². The molecule has 3 rings (SSSR count). The van der Waals surface area contributed by atoms with E-state index in [9.17, 15) is 5.53 Å². The Morgan fingerprint density at radius 2 is 0.517 bits per heavy atom. The average Bonchev–Trinajstić information content (AvgIpc) is 3.54. The van der Waals surface area contributed by atoms with Crippen molar-refractivity contribution in [3.8, 4) is 0 Å². The van der Waals surface area contributed by atoms with Gasteiger partial charge in [0.2, 0.25) is 11.4 Å². The molecular formula is C58H96N2. The molecule has 0 unspecified atom stereocenters. The molecule has 0 bridgehead atoms. The standard InChI is InChI=1S/C58H96N2/c1-5-9-13-15-16-17-18-19-20-21-22-23-24-25-26-27-28-29-30-31-32-33-34-35-36-38-42-56-55(41-37-14-10-6-2)57(53-47-43-51(44-48-53)39-11-7-3)60(59)58(56)54-49-45-52(46-50-54)40-12-8-4/h43-50H,5-42H2,1-4H3. The van der Waals surface area contributed by atoms with Crippen LogP contribution in [-0.4, -0.2) is 4.70 Å². The molecule has 1 heterocycles. The number of nitrogens with zero attached hydrogens (tertiary/aromatic N) is 2. The fraction of sp³-hybridized carbons (Fsp3) is 0.724. The molecular weight excluding hydrogens is 725 g/mol. The van der Waals surface area contributed by atoms with Crippen LogP contribution in [0.1, 0.15) is 281 Å². The van der Waals surface area contributed by atoms with Gasteiger partial charge in [-0.05, 0) is 86.8 Å². The maximum Gasteiger partial charge on any atom is 0.211 e. The van der Waals surface area contributed by atoms with E-state index < -0.39 is 0 Å². The lowest BCUT2D eigenvalue weighted by molar-refractivity contribution is -0.345. The van der Waals surface area contributed by atoms with E-state index in [2.05, 4.69) is 76.2 Å². The molecule has 1 aliphatic rings. The summed E-state index contributed by atoms with van der Waals surface area (Å²) in [5.41, 5.74) is 22.1. The Morgan fingerprint density at radius 3 is 0.783 bits per heavy atom. The summed E-state index contributed by atoms with van der Waals surface area (Å²) in [5.74, 6) is 0. The Morgan fingerprint density at radius 1 is 0.283 bits per heavy atom. The third-order valence-electron chi connectivity index (χ3n) is 13.5. The summed E-state index contributed by atoms with van der Waals surface area (Å²) in [4.78, 5) is 0. The minimum absolute atomic E-state index is 1.03. The van der Waals surface area contributed by atoms with Crippen LogP contribution in [0, 0.1) is 0 Å². The summed E-state index contributed by atoms with van der Waals surface area (Å²) in [6.45, 7) is 9.14. The predicted molar refractivity (Wildman–Crippen MR) is 267 cm³/mol. The summed E-state index contributed by atoms with van der Waals surface area (Å²) < 4.78 is 1.59. The molecule has 2 aromatic carbocycles. The van der Waals surface area contributed by atoms with E-state index in [1.807, 2.05) is 0 Å². The van der Waals surface area contributed by atoms with E-state index in [0.717, 1.165) is 48.2 Å². The largest absolute Gasteiger partial charge is 0.493 e. The first-order valence-electron chi connectivity index (χ1n) is 26.8. The molecule has 60 heavy (non-hydrogen) atoms. The molecule has 0 saturated carbocycles. The zero-order valence-electron chi connectivity index (χ0n) is 40.4. The molecule has 0 atom stereocenters. The van der Waals surface area contributed by atoms with Crippen LogP contribution in [0.5, 0.6) is 0 Å². The summed E-state index contributed by atoms with van der Waals surface area (Å²) in [7, 11) is 0. The van der Waals surface area contributed by atoms with Crippen LogP contribution in [-0.2, 0) is 12.8 Å². The molecule has 0 saturated heterocycles. The number of hydrogen-bond donors (Lipinski definition) is 0. The first kappa shape index (κ1) is 51.9. The van der Waals surface area contributed by atoms with Crippen molar-refractivity contribution in [3.63, 3.8) is 0 Å². The van der Waals surface area contributed by atoms with Crippen LogP contribution in [0.2, 0.25) is 0 Å². The second-order valence-corrected chi connectivity index (χ2v) is 19.0. The molecule has 0 fully saturated rings. The van der Waals surface area contributed by atoms with E-state index in [1.54, 1.807) is 4.70 Å². The van der Waals surface area contributed by atoms with Crippen molar-refractivity contribution in [1.29, 1.82) is 0 Å². The van der Waals surface area contributed by atoms with Crippen LogP contribution in [0.15, 0.2) is 59.7 Å². The highest BCUT2D eigenvalue weighted by Gasteiger charge is 2.35. The van der Waals surface area contributed by atoms with Crippen LogP contribution >= 0.6 is 0 Å². The molecule has 0 radical (unpaired) electrons. The molecule has 0 spiro atoms. The lowest BCUT2D eigenvalue weighted by atomic mass is 9.91. The number of allylic oxidation sites excluding steroid dienone is 2. The van der Waals surface area contributed by atoms with Crippen molar-refractivity contribution in [2.75, 3.05) is 0 Å². The highest BCUT2D eigenvalue weighted by molar-refractivity contribution is 5.82. The Labute approximate surface area is 373 Å². The van der Waals surface area contributed by atoms with E-state index in [-0.39, 0.29) is 0 Å².